The van der Waals surface area contributed by atoms with Gasteiger partial charge in [-0.3, -0.25) is 11.8 Å². The Morgan fingerprint density at radius 1 is 0.339 bits per heavy atom. The van der Waals surface area contributed by atoms with Crippen LogP contribution >= 0.6 is 15.8 Å². The van der Waals surface area contributed by atoms with Crippen molar-refractivity contribution in [2.75, 3.05) is 5.90 Å². The van der Waals surface area contributed by atoms with Crippen LogP contribution < -0.4 is 21.2 Å². The number of fused-ring (bicyclic) bond motifs is 6. The zero-order chi connectivity index (χ0) is 38.8. The number of furan rings is 2. The Bertz CT molecular complexity index is 2680. The van der Waals surface area contributed by atoms with Gasteiger partial charge in [-0.25, -0.2) is 0 Å². The third-order valence-electron chi connectivity index (χ3n) is 9.89. The van der Waals surface area contributed by atoms with Crippen LogP contribution in [0.4, 0.5) is 0 Å². The minimum atomic E-state index is -0.847. The number of hydrogen-bond donors (Lipinski definition) is 0. The van der Waals surface area contributed by atoms with Gasteiger partial charge in [0.15, 0.2) is 5.90 Å². The summed E-state index contributed by atoms with van der Waals surface area (Å²) in [4.78, 5) is 0. The maximum absolute atomic E-state index is 7.06. The predicted molar refractivity (Wildman–Crippen MR) is 246 cm³/mol. The molecule has 0 spiro atoms. The fourth-order valence-corrected chi connectivity index (χ4v) is 14.8. The minimum Gasteiger partial charge on any atom is -0.458 e. The first-order chi connectivity index (χ1) is 28.2. The van der Waals surface area contributed by atoms with E-state index in [9.17, 15) is 0 Å². The smallest absolute Gasteiger partial charge is 0.458 e. The van der Waals surface area contributed by atoms with E-state index in [-0.39, 0.29) is 44.8 Å². The number of rotatable bonds is 6. The maximum atomic E-state index is 7.06. The molecule has 0 N–H and O–H groups in total. The molecule has 6 heteroatoms. The second-order valence-corrected chi connectivity index (χ2v) is 19.1. The molecule has 10 aromatic rings. The molecule has 0 unspecified atom stereocenters. The van der Waals surface area contributed by atoms with Crippen molar-refractivity contribution < 1.29 is 53.6 Å². The van der Waals surface area contributed by atoms with Crippen molar-refractivity contribution in [2.24, 2.45) is 0 Å². The Hall–Kier alpha value is -5.18. The summed E-state index contributed by atoms with van der Waals surface area (Å²) in [6.07, 6.45) is 14.1. The van der Waals surface area contributed by atoms with E-state index in [1.54, 1.807) is 0 Å². The molecule has 0 aliphatic heterocycles. The summed E-state index contributed by atoms with van der Waals surface area (Å²) in [6.45, 7) is 0. The predicted octanol–water partition coefficient (Wildman–Crippen LogP) is 11.7. The van der Waals surface area contributed by atoms with E-state index in [4.69, 9.17) is 21.7 Å². The Morgan fingerprint density at radius 2 is 0.627 bits per heavy atom. The Balaban J connectivity index is 0.000000156. The zero-order valence-electron chi connectivity index (χ0n) is 31.8. The summed E-state index contributed by atoms with van der Waals surface area (Å²) in [5, 5.41) is 10.4. The van der Waals surface area contributed by atoms with Crippen molar-refractivity contribution in [3.05, 3.63) is 230 Å². The van der Waals surface area contributed by atoms with Gasteiger partial charge in [0.25, 0.3) is 0 Å². The minimum absolute atomic E-state index is 0. The van der Waals surface area contributed by atoms with Crippen molar-refractivity contribution in [1.29, 1.82) is 0 Å². The molecule has 10 rings (SSSR count). The van der Waals surface area contributed by atoms with Gasteiger partial charge >= 0.3 is 44.8 Å². The average Bonchev–Trinajstić information content (AvgIpc) is 3.86. The third kappa shape index (κ3) is 10.3. The first kappa shape index (κ1) is 43.4. The van der Waals surface area contributed by atoms with Crippen LogP contribution in [0.3, 0.4) is 0 Å². The van der Waals surface area contributed by atoms with E-state index in [1.807, 2.05) is 84.9 Å². The molecule has 0 saturated heterocycles. The molecule has 0 radical (unpaired) electrons. The molecule has 0 bridgehead atoms. The Morgan fingerprint density at radius 3 is 0.949 bits per heavy atom. The van der Waals surface area contributed by atoms with Gasteiger partial charge in [-0.05, 0) is 60.7 Å². The van der Waals surface area contributed by atoms with Crippen molar-refractivity contribution in [2.45, 2.75) is 0 Å². The molecule has 2 heterocycles. The van der Waals surface area contributed by atoms with Gasteiger partial charge in [-0.1, -0.05) is 133 Å². The number of para-hydroxylation sites is 2. The Kier molecular flexibility index (Phi) is 15.6. The SMILES string of the molecule is [Ag+].[Ag+].[C-]#Cc1ccc2c(c1)oc1ccccc12.[C-]#Cc1ccc2c(c1)oc1ccccc12.c1ccc([PH+](C[PH+](c2ccccc2)c2ccccc2)c2ccccc2)cc1. The molecule has 2 aromatic heterocycles. The second-order valence-electron chi connectivity index (χ2n) is 13.5. The largest absolute Gasteiger partial charge is 1.00 e. The van der Waals surface area contributed by atoms with Gasteiger partial charge < -0.3 is 21.7 Å². The fourth-order valence-electron chi connectivity index (χ4n) is 7.08. The summed E-state index contributed by atoms with van der Waals surface area (Å²) < 4.78 is 11.3. The summed E-state index contributed by atoms with van der Waals surface area (Å²) >= 11 is 0. The Labute approximate surface area is 379 Å². The molecule has 0 aliphatic rings. The topological polar surface area (TPSA) is 26.3 Å². The molecule has 0 fully saturated rings. The van der Waals surface area contributed by atoms with Gasteiger partial charge in [0.2, 0.25) is 0 Å². The van der Waals surface area contributed by atoms with Crippen LogP contribution in [-0.4, -0.2) is 5.90 Å². The third-order valence-corrected chi connectivity index (χ3v) is 16.8. The van der Waals surface area contributed by atoms with Crippen LogP contribution in [0.15, 0.2) is 215 Å². The van der Waals surface area contributed by atoms with Crippen LogP contribution in [0.2, 0.25) is 0 Å². The van der Waals surface area contributed by atoms with E-state index < -0.39 is 15.8 Å². The van der Waals surface area contributed by atoms with Crippen molar-refractivity contribution >= 4 is 80.9 Å². The normalized spacial score (nSPS) is 10.4. The first-order valence-corrected chi connectivity index (χ1v) is 22.2. The van der Waals surface area contributed by atoms with Crippen molar-refractivity contribution in [3.8, 4) is 11.8 Å². The quantitative estimate of drug-likeness (QED) is 0.0718. The van der Waals surface area contributed by atoms with Crippen LogP contribution in [0, 0.1) is 24.7 Å². The van der Waals surface area contributed by atoms with Gasteiger partial charge in [-0.2, -0.15) is 0 Å². The van der Waals surface area contributed by atoms with Gasteiger partial charge in [-0.15, -0.1) is 23.3 Å². The fraction of sp³-hybridized carbons (Fsp3) is 0.0189. The second kappa shape index (κ2) is 21.2. The van der Waals surface area contributed by atoms with Crippen LogP contribution in [-0.2, 0) is 44.8 Å². The maximum Gasteiger partial charge on any atom is 1.00 e. The molecule has 59 heavy (non-hydrogen) atoms. The number of benzene rings is 8. The molecule has 8 aromatic carbocycles. The van der Waals surface area contributed by atoms with Crippen LogP contribution in [0.1, 0.15) is 11.1 Å². The molecular formula is C53H38Ag2O2P2+2. The van der Waals surface area contributed by atoms with Crippen molar-refractivity contribution in [3.63, 3.8) is 0 Å². The van der Waals surface area contributed by atoms with E-state index >= 15 is 0 Å². The van der Waals surface area contributed by atoms with Crippen molar-refractivity contribution in [1.82, 2.24) is 0 Å². The van der Waals surface area contributed by atoms with E-state index in [1.165, 1.54) is 27.1 Å². The van der Waals surface area contributed by atoms with Gasteiger partial charge in [0, 0.05) is 21.5 Å². The zero-order valence-corrected chi connectivity index (χ0v) is 36.7. The van der Waals surface area contributed by atoms with E-state index in [0.29, 0.717) is 0 Å². The summed E-state index contributed by atoms with van der Waals surface area (Å²) in [6, 6.07) is 71.7. The molecule has 0 atom stereocenters. The molecular weight excluding hydrogens is 946 g/mol. The van der Waals surface area contributed by atoms with E-state index in [0.717, 1.165) is 55.0 Å². The van der Waals surface area contributed by atoms with E-state index in [2.05, 4.69) is 133 Å². The van der Waals surface area contributed by atoms with Gasteiger partial charge in [0.05, 0.1) is 0 Å². The summed E-state index contributed by atoms with van der Waals surface area (Å²) in [5.74, 6) is 5.95. The van der Waals surface area contributed by atoms with Crippen LogP contribution in [0.5, 0.6) is 0 Å². The summed E-state index contributed by atoms with van der Waals surface area (Å²) in [5.41, 5.74) is 4.87. The summed E-state index contributed by atoms with van der Waals surface area (Å²) in [7, 11) is -1.69. The first-order valence-electron chi connectivity index (χ1n) is 18.8. The average molecular weight is 985 g/mol. The standard InChI is InChI=1S/C25H22P2.2C14H7O.2Ag/c1-5-13-22(14-6-1)26(23-15-7-2-8-16-23)21-27(24-17-9-3-10-18-24)25-19-11-4-12-20-25;2*1-2-10-7-8-12-11-5-3-4-6-13(11)15-14(12)9-10;;/h1-20H,21H2;2*3-9H;;/q;2*-1;2*+1/p+2. The molecule has 0 saturated carbocycles. The van der Waals surface area contributed by atoms with Crippen LogP contribution in [0.25, 0.3) is 43.9 Å². The molecule has 292 valence electrons. The molecule has 0 amide bonds. The van der Waals surface area contributed by atoms with Gasteiger partial charge in [0.1, 0.15) is 59.4 Å². The number of hydrogen-bond acceptors (Lipinski definition) is 2. The monoisotopic (exact) mass is 982 g/mol. The molecule has 2 nitrogen and oxygen atoms in total. The molecule has 0 aliphatic carbocycles.